The predicted molar refractivity (Wildman–Crippen MR) is 64.4 cm³/mol. The minimum Gasteiger partial charge on any atom is -0.480 e. The van der Waals surface area contributed by atoms with Crippen molar-refractivity contribution in [3.63, 3.8) is 0 Å². The van der Waals surface area contributed by atoms with Gasteiger partial charge in [0.25, 0.3) is 5.91 Å². The number of amides is 1. The number of nitrogens with zero attached hydrogens (tertiary/aromatic N) is 1. The maximum absolute atomic E-state index is 13.7. The Labute approximate surface area is 109 Å². The molecule has 1 heterocycles. The molecular formula is C13H14FNO4. The van der Waals surface area contributed by atoms with Crippen LogP contribution in [0, 0.1) is 12.7 Å². The Kier molecular flexibility index (Phi) is 3.80. The SMILES string of the molecule is Cc1ccc(F)c(C(=O)N2CCOC[C@@H]2C(=O)O)c1. The highest BCUT2D eigenvalue weighted by atomic mass is 19.1. The molecule has 1 fully saturated rings. The van der Waals surface area contributed by atoms with Gasteiger partial charge in [0, 0.05) is 6.54 Å². The first kappa shape index (κ1) is 13.5. The molecule has 0 unspecified atom stereocenters. The van der Waals surface area contributed by atoms with Gasteiger partial charge in [-0.25, -0.2) is 9.18 Å². The molecule has 1 saturated heterocycles. The summed E-state index contributed by atoms with van der Waals surface area (Å²) >= 11 is 0. The molecule has 1 aliphatic rings. The summed E-state index contributed by atoms with van der Waals surface area (Å²) in [6, 6.07) is 3.12. The topological polar surface area (TPSA) is 66.8 Å². The number of morpholine rings is 1. The number of hydrogen-bond donors (Lipinski definition) is 1. The molecule has 1 aromatic carbocycles. The third kappa shape index (κ3) is 2.73. The van der Waals surface area contributed by atoms with E-state index in [9.17, 15) is 14.0 Å². The van der Waals surface area contributed by atoms with E-state index in [1.54, 1.807) is 13.0 Å². The van der Waals surface area contributed by atoms with Crippen LogP contribution in [0.2, 0.25) is 0 Å². The van der Waals surface area contributed by atoms with Crippen molar-refractivity contribution < 1.29 is 23.8 Å². The van der Waals surface area contributed by atoms with Gasteiger partial charge in [-0.2, -0.15) is 0 Å². The normalized spacial score (nSPS) is 19.3. The molecule has 0 saturated carbocycles. The van der Waals surface area contributed by atoms with Gasteiger partial charge >= 0.3 is 5.97 Å². The number of carbonyl (C=O) groups is 2. The third-order valence-corrected chi connectivity index (χ3v) is 3.03. The zero-order valence-electron chi connectivity index (χ0n) is 10.4. The third-order valence-electron chi connectivity index (χ3n) is 3.03. The van der Waals surface area contributed by atoms with Gasteiger partial charge in [0.15, 0.2) is 6.04 Å². The zero-order valence-corrected chi connectivity index (χ0v) is 10.4. The number of ether oxygens (including phenoxy) is 1. The van der Waals surface area contributed by atoms with Crippen LogP contribution in [-0.2, 0) is 9.53 Å². The lowest BCUT2D eigenvalue weighted by Crippen LogP contribution is -2.52. The van der Waals surface area contributed by atoms with Crippen LogP contribution in [0.5, 0.6) is 0 Å². The summed E-state index contributed by atoms with van der Waals surface area (Å²) < 4.78 is 18.7. The lowest BCUT2D eigenvalue weighted by Gasteiger charge is -2.33. The zero-order chi connectivity index (χ0) is 14.0. The van der Waals surface area contributed by atoms with E-state index in [2.05, 4.69) is 0 Å². The first-order valence-electron chi connectivity index (χ1n) is 5.88. The number of halogens is 1. The van der Waals surface area contributed by atoms with Crippen LogP contribution in [0.15, 0.2) is 18.2 Å². The highest BCUT2D eigenvalue weighted by Gasteiger charge is 2.34. The van der Waals surface area contributed by atoms with Crippen molar-refractivity contribution in [2.24, 2.45) is 0 Å². The van der Waals surface area contributed by atoms with Gasteiger partial charge in [-0.05, 0) is 19.1 Å². The van der Waals surface area contributed by atoms with E-state index in [0.29, 0.717) is 0 Å². The summed E-state index contributed by atoms with van der Waals surface area (Å²) in [4.78, 5) is 24.5. The highest BCUT2D eigenvalue weighted by Crippen LogP contribution is 2.16. The molecule has 0 radical (unpaired) electrons. The van der Waals surface area contributed by atoms with Crippen LogP contribution in [0.1, 0.15) is 15.9 Å². The van der Waals surface area contributed by atoms with E-state index < -0.39 is 23.7 Å². The first-order valence-corrected chi connectivity index (χ1v) is 5.88. The smallest absolute Gasteiger partial charge is 0.328 e. The monoisotopic (exact) mass is 267 g/mol. The van der Waals surface area contributed by atoms with Gasteiger partial charge in [0.2, 0.25) is 0 Å². The average Bonchev–Trinajstić information content (AvgIpc) is 2.40. The summed E-state index contributed by atoms with van der Waals surface area (Å²) in [6.07, 6.45) is 0. The molecule has 1 aromatic rings. The minimum absolute atomic E-state index is 0.0749. The molecule has 19 heavy (non-hydrogen) atoms. The Morgan fingerprint density at radius 3 is 2.89 bits per heavy atom. The Morgan fingerprint density at radius 2 is 2.21 bits per heavy atom. The molecule has 1 atom stereocenters. The summed E-state index contributed by atoms with van der Waals surface area (Å²) in [7, 11) is 0. The summed E-state index contributed by atoms with van der Waals surface area (Å²) in [5.74, 6) is -2.41. The van der Waals surface area contributed by atoms with Crippen molar-refractivity contribution in [1.82, 2.24) is 4.90 Å². The second-order valence-electron chi connectivity index (χ2n) is 4.41. The molecule has 0 spiro atoms. The van der Waals surface area contributed by atoms with E-state index in [0.717, 1.165) is 10.5 Å². The van der Waals surface area contributed by atoms with Crippen LogP contribution < -0.4 is 0 Å². The van der Waals surface area contributed by atoms with Crippen LogP contribution in [0.3, 0.4) is 0 Å². The quantitative estimate of drug-likeness (QED) is 0.870. The van der Waals surface area contributed by atoms with E-state index in [1.807, 2.05) is 0 Å². The molecule has 1 amide bonds. The van der Waals surface area contributed by atoms with Crippen molar-refractivity contribution in [2.75, 3.05) is 19.8 Å². The predicted octanol–water partition coefficient (Wildman–Crippen LogP) is 1.06. The van der Waals surface area contributed by atoms with Crippen LogP contribution in [0.4, 0.5) is 4.39 Å². The number of rotatable bonds is 2. The molecule has 6 heteroatoms. The van der Waals surface area contributed by atoms with Gasteiger partial charge in [-0.15, -0.1) is 0 Å². The molecular weight excluding hydrogens is 253 g/mol. The van der Waals surface area contributed by atoms with E-state index in [1.165, 1.54) is 12.1 Å². The number of benzene rings is 1. The van der Waals surface area contributed by atoms with Crippen molar-refractivity contribution in [3.8, 4) is 0 Å². The van der Waals surface area contributed by atoms with Crippen LogP contribution >= 0.6 is 0 Å². The van der Waals surface area contributed by atoms with Crippen molar-refractivity contribution in [2.45, 2.75) is 13.0 Å². The average molecular weight is 267 g/mol. The van der Waals surface area contributed by atoms with Gasteiger partial charge in [0.1, 0.15) is 5.82 Å². The largest absolute Gasteiger partial charge is 0.480 e. The maximum atomic E-state index is 13.7. The van der Waals surface area contributed by atoms with Gasteiger partial charge in [0.05, 0.1) is 18.8 Å². The fourth-order valence-corrected chi connectivity index (χ4v) is 2.01. The standard InChI is InChI=1S/C13H14FNO4/c1-8-2-3-10(14)9(6-8)12(16)15-4-5-19-7-11(15)13(17)18/h2-3,6,11H,4-5,7H2,1H3,(H,17,18)/t11-/m1/s1. The second-order valence-corrected chi connectivity index (χ2v) is 4.41. The molecule has 0 bridgehead atoms. The number of aliphatic carboxylic acids is 1. The molecule has 102 valence electrons. The molecule has 5 nitrogen and oxygen atoms in total. The minimum atomic E-state index is -1.15. The van der Waals surface area contributed by atoms with Crippen molar-refractivity contribution in [1.29, 1.82) is 0 Å². The van der Waals surface area contributed by atoms with Crippen molar-refractivity contribution in [3.05, 3.63) is 35.1 Å². The second kappa shape index (κ2) is 5.36. The highest BCUT2D eigenvalue weighted by molar-refractivity contribution is 5.97. The van der Waals surface area contributed by atoms with Gasteiger partial charge in [-0.1, -0.05) is 11.6 Å². The Balaban J connectivity index is 2.31. The van der Waals surface area contributed by atoms with E-state index >= 15 is 0 Å². The number of carbonyl (C=O) groups excluding carboxylic acids is 1. The first-order chi connectivity index (χ1) is 9.00. The van der Waals surface area contributed by atoms with Gasteiger partial charge < -0.3 is 14.7 Å². The Hall–Kier alpha value is -1.95. The molecule has 1 N–H and O–H groups in total. The number of hydrogen-bond acceptors (Lipinski definition) is 3. The maximum Gasteiger partial charge on any atom is 0.328 e. The lowest BCUT2D eigenvalue weighted by atomic mass is 10.1. The van der Waals surface area contributed by atoms with Crippen LogP contribution in [0.25, 0.3) is 0 Å². The van der Waals surface area contributed by atoms with Crippen molar-refractivity contribution >= 4 is 11.9 Å². The number of carboxylic acid groups (broad SMARTS) is 1. The fraction of sp³-hybridized carbons (Fsp3) is 0.385. The number of carboxylic acids is 1. The Morgan fingerprint density at radius 1 is 1.47 bits per heavy atom. The molecule has 0 aromatic heterocycles. The summed E-state index contributed by atoms with van der Waals surface area (Å²) in [6.45, 7) is 2.06. The Bertz CT molecular complexity index is 517. The fourth-order valence-electron chi connectivity index (χ4n) is 2.01. The molecule has 1 aliphatic heterocycles. The van der Waals surface area contributed by atoms with Gasteiger partial charge in [-0.3, -0.25) is 4.79 Å². The van der Waals surface area contributed by atoms with E-state index in [-0.39, 0.29) is 25.3 Å². The number of aryl methyl sites for hydroxylation is 1. The van der Waals surface area contributed by atoms with Crippen LogP contribution in [-0.4, -0.2) is 47.7 Å². The summed E-state index contributed by atoms with van der Waals surface area (Å²) in [5.41, 5.74) is 0.637. The van der Waals surface area contributed by atoms with E-state index in [4.69, 9.17) is 9.84 Å². The molecule has 0 aliphatic carbocycles. The summed E-state index contributed by atoms with van der Waals surface area (Å²) in [5, 5.41) is 9.06. The molecule has 2 rings (SSSR count). The lowest BCUT2D eigenvalue weighted by molar-refractivity contribution is -0.147.